The Bertz CT molecular complexity index is 1470. The van der Waals surface area contributed by atoms with Crippen LogP contribution in [0.2, 0.25) is 0 Å². The van der Waals surface area contributed by atoms with Crippen molar-refractivity contribution in [2.24, 2.45) is 10.2 Å². The van der Waals surface area contributed by atoms with Crippen LogP contribution < -0.4 is 4.90 Å². The van der Waals surface area contributed by atoms with E-state index in [4.69, 9.17) is 0 Å². The molecule has 0 bridgehead atoms. The molecule has 0 unspecified atom stereocenters. The Morgan fingerprint density at radius 3 is 2.44 bits per heavy atom. The van der Waals surface area contributed by atoms with E-state index in [1.807, 2.05) is 24.3 Å². The van der Waals surface area contributed by atoms with Crippen LogP contribution in [0.25, 0.3) is 17.1 Å². The molecule has 1 saturated heterocycles. The molecule has 0 saturated carbocycles. The van der Waals surface area contributed by atoms with Gasteiger partial charge in [-0.1, -0.05) is 68.1 Å². The van der Waals surface area contributed by atoms with Crippen LogP contribution >= 0.6 is 11.8 Å². The minimum Gasteiger partial charge on any atom is -0.319 e. The molecule has 200 valence electrons. The van der Waals surface area contributed by atoms with E-state index in [-0.39, 0.29) is 0 Å². The predicted molar refractivity (Wildman–Crippen MR) is 152 cm³/mol. The van der Waals surface area contributed by atoms with Gasteiger partial charge in [0.25, 0.3) is 0 Å². The van der Waals surface area contributed by atoms with E-state index in [9.17, 15) is 13.2 Å². The van der Waals surface area contributed by atoms with E-state index in [0.717, 1.165) is 47.1 Å². The normalized spacial score (nSPS) is 15.5. The summed E-state index contributed by atoms with van der Waals surface area (Å²) < 4.78 is 39.9. The molecule has 0 atom stereocenters. The molecule has 10 heteroatoms. The lowest BCUT2D eigenvalue weighted by molar-refractivity contribution is -0.137. The van der Waals surface area contributed by atoms with E-state index in [2.05, 4.69) is 63.3 Å². The number of alkyl halides is 3. The zero-order valence-corrected chi connectivity index (χ0v) is 22.3. The van der Waals surface area contributed by atoms with Gasteiger partial charge in [-0.2, -0.15) is 18.3 Å². The molecule has 5 rings (SSSR count). The number of rotatable bonds is 6. The van der Waals surface area contributed by atoms with Gasteiger partial charge in [0.15, 0.2) is 11.0 Å². The molecule has 39 heavy (non-hydrogen) atoms. The Labute approximate surface area is 229 Å². The SMILES string of the molecule is CC(C)c1ccccc1N1CCCSC1=NN=Cc1ccc(-c2ncn(-c3ccc(C(F)(F)F)cc3)n2)cc1. The van der Waals surface area contributed by atoms with Crippen LogP contribution in [0.15, 0.2) is 89.3 Å². The molecule has 1 aromatic heterocycles. The summed E-state index contributed by atoms with van der Waals surface area (Å²) in [4.78, 5) is 6.56. The molecule has 0 N–H and O–H groups in total. The van der Waals surface area contributed by atoms with Gasteiger partial charge in [-0.3, -0.25) is 0 Å². The van der Waals surface area contributed by atoms with Crippen LogP contribution in [0.5, 0.6) is 0 Å². The molecule has 1 aliphatic rings. The first-order valence-corrected chi connectivity index (χ1v) is 13.6. The monoisotopic (exact) mass is 548 g/mol. The molecular formula is C29H27F3N6S. The van der Waals surface area contributed by atoms with E-state index in [0.29, 0.717) is 17.4 Å². The zero-order chi connectivity index (χ0) is 27.4. The number of para-hydroxylation sites is 1. The molecule has 0 amide bonds. The van der Waals surface area contributed by atoms with Gasteiger partial charge >= 0.3 is 6.18 Å². The second-order valence-corrected chi connectivity index (χ2v) is 10.4. The number of nitrogens with zero attached hydrogens (tertiary/aromatic N) is 6. The fourth-order valence-electron chi connectivity index (χ4n) is 4.27. The van der Waals surface area contributed by atoms with Gasteiger partial charge in [0, 0.05) is 23.5 Å². The zero-order valence-electron chi connectivity index (χ0n) is 21.5. The number of amidine groups is 1. The van der Waals surface area contributed by atoms with Crippen molar-refractivity contribution in [3.63, 3.8) is 0 Å². The van der Waals surface area contributed by atoms with Crippen molar-refractivity contribution in [1.29, 1.82) is 0 Å². The fraction of sp³-hybridized carbons (Fsp3) is 0.241. The highest BCUT2D eigenvalue weighted by molar-refractivity contribution is 8.14. The molecule has 0 radical (unpaired) electrons. The number of benzene rings is 3. The number of hydrogen-bond donors (Lipinski definition) is 0. The lowest BCUT2D eigenvalue weighted by Crippen LogP contribution is -2.34. The summed E-state index contributed by atoms with van der Waals surface area (Å²) in [7, 11) is 0. The fourth-order valence-corrected chi connectivity index (χ4v) is 5.18. The summed E-state index contributed by atoms with van der Waals surface area (Å²) in [5, 5.41) is 14.2. The van der Waals surface area contributed by atoms with Gasteiger partial charge in [0.1, 0.15) is 6.33 Å². The van der Waals surface area contributed by atoms with Crippen LogP contribution in [0.3, 0.4) is 0 Å². The molecule has 3 aromatic carbocycles. The Morgan fingerprint density at radius 1 is 0.974 bits per heavy atom. The largest absolute Gasteiger partial charge is 0.416 e. The van der Waals surface area contributed by atoms with Gasteiger partial charge in [-0.05, 0) is 53.8 Å². The van der Waals surface area contributed by atoms with E-state index in [1.54, 1.807) is 18.0 Å². The van der Waals surface area contributed by atoms with Crippen molar-refractivity contribution < 1.29 is 13.2 Å². The highest BCUT2D eigenvalue weighted by atomic mass is 32.2. The molecule has 0 aliphatic carbocycles. The molecule has 6 nitrogen and oxygen atoms in total. The van der Waals surface area contributed by atoms with Gasteiger partial charge < -0.3 is 4.90 Å². The summed E-state index contributed by atoms with van der Waals surface area (Å²) in [5.74, 6) is 1.89. The third-order valence-corrected chi connectivity index (χ3v) is 7.36. The Kier molecular flexibility index (Phi) is 7.83. The van der Waals surface area contributed by atoms with Gasteiger partial charge in [-0.15, -0.1) is 10.2 Å². The molecule has 0 spiro atoms. The first kappa shape index (κ1) is 26.7. The van der Waals surface area contributed by atoms with Crippen LogP contribution in [0.4, 0.5) is 18.9 Å². The molecule has 1 fully saturated rings. The van der Waals surface area contributed by atoms with Gasteiger partial charge in [0.05, 0.1) is 17.5 Å². The van der Waals surface area contributed by atoms with Gasteiger partial charge in [-0.25, -0.2) is 9.67 Å². The standard InChI is InChI=1S/C29H27F3N6S/c1-20(2)25-6-3-4-7-26(25)37-16-5-17-39-28(37)35-34-18-21-8-10-22(11-9-21)27-33-19-38(36-27)24-14-12-23(13-15-24)29(30,31)32/h3-4,6-15,18-20H,5,16-17H2,1-2H3. The quantitative estimate of drug-likeness (QED) is 0.186. The maximum Gasteiger partial charge on any atom is 0.416 e. The van der Waals surface area contributed by atoms with Crippen LogP contribution in [-0.4, -0.2) is 38.4 Å². The number of anilines is 1. The lowest BCUT2D eigenvalue weighted by Gasteiger charge is -2.31. The Morgan fingerprint density at radius 2 is 1.72 bits per heavy atom. The van der Waals surface area contributed by atoms with Crippen LogP contribution in [0.1, 0.15) is 42.9 Å². The average Bonchev–Trinajstić information content (AvgIpc) is 3.44. The average molecular weight is 549 g/mol. The molecular weight excluding hydrogens is 521 g/mol. The Balaban J connectivity index is 1.29. The van der Waals surface area contributed by atoms with Crippen molar-refractivity contribution in [3.8, 4) is 17.1 Å². The highest BCUT2D eigenvalue weighted by Gasteiger charge is 2.30. The maximum atomic E-state index is 12.8. The van der Waals surface area contributed by atoms with E-state index < -0.39 is 11.7 Å². The smallest absolute Gasteiger partial charge is 0.319 e. The molecule has 4 aromatic rings. The van der Waals surface area contributed by atoms with E-state index >= 15 is 0 Å². The van der Waals surface area contributed by atoms with Gasteiger partial charge in [0.2, 0.25) is 0 Å². The number of halogens is 3. The summed E-state index contributed by atoms with van der Waals surface area (Å²) in [6.45, 7) is 5.30. The van der Waals surface area contributed by atoms with Crippen LogP contribution in [0, 0.1) is 0 Å². The molecule has 2 heterocycles. The Hall–Kier alpha value is -3.92. The predicted octanol–water partition coefficient (Wildman–Crippen LogP) is 7.41. The van der Waals surface area contributed by atoms with Crippen molar-refractivity contribution in [3.05, 3.63) is 95.8 Å². The number of hydrogen-bond acceptors (Lipinski definition) is 5. The second-order valence-electron chi connectivity index (χ2n) is 9.37. The first-order chi connectivity index (χ1) is 18.8. The third kappa shape index (κ3) is 6.22. The highest BCUT2D eigenvalue weighted by Crippen LogP contribution is 2.32. The minimum absolute atomic E-state index is 0.409. The lowest BCUT2D eigenvalue weighted by atomic mass is 10.0. The molecule has 1 aliphatic heterocycles. The summed E-state index contributed by atoms with van der Waals surface area (Å²) in [6, 6.07) is 20.8. The van der Waals surface area contributed by atoms with Crippen molar-refractivity contribution >= 4 is 28.8 Å². The first-order valence-electron chi connectivity index (χ1n) is 12.6. The topological polar surface area (TPSA) is 58.7 Å². The van der Waals surface area contributed by atoms with Crippen molar-refractivity contribution in [2.75, 3.05) is 17.2 Å². The third-order valence-electron chi connectivity index (χ3n) is 6.31. The maximum absolute atomic E-state index is 12.8. The van der Waals surface area contributed by atoms with Crippen molar-refractivity contribution in [2.45, 2.75) is 32.4 Å². The van der Waals surface area contributed by atoms with E-state index in [1.165, 1.54) is 34.4 Å². The number of aromatic nitrogens is 3. The minimum atomic E-state index is -4.38. The van der Waals surface area contributed by atoms with Crippen molar-refractivity contribution in [1.82, 2.24) is 14.8 Å². The number of thioether (sulfide) groups is 1. The van der Waals surface area contributed by atoms with Crippen LogP contribution in [-0.2, 0) is 6.18 Å². The second kappa shape index (κ2) is 11.4. The summed E-state index contributed by atoms with van der Waals surface area (Å²) >= 11 is 1.71. The summed E-state index contributed by atoms with van der Waals surface area (Å²) in [5.41, 5.74) is 3.92. The summed E-state index contributed by atoms with van der Waals surface area (Å²) in [6.07, 6.45) is -0.0953.